The van der Waals surface area contributed by atoms with E-state index in [0.29, 0.717) is 12.2 Å². The maximum atomic E-state index is 10.6. The average molecular weight is 449 g/mol. The standard InChI is InChI=1S/C8H8.C7H12O3.C7H12O2.C3H4O2/c1-2-8-6-4-3-5-7-8;1-5(2)7(9)10-4-6(3)8;1-3-5-6-9-7(8)4-2;1-2-3(4)5/h2-7H,1H2;6,8H,1,4H2,2-3H3;4H,2-3,5-6H2,1H3;2H,1H2,(H,4,5). The molecule has 1 unspecified atom stereocenters. The number of carbonyl (C=O) groups excluding carboxylic acids is 2. The van der Waals surface area contributed by atoms with Crippen LogP contribution in [0.25, 0.3) is 6.08 Å². The molecule has 32 heavy (non-hydrogen) atoms. The Bertz CT molecular complexity index is 692. The highest BCUT2D eigenvalue weighted by atomic mass is 16.5. The van der Waals surface area contributed by atoms with Crippen LogP contribution in [0.2, 0.25) is 0 Å². The van der Waals surface area contributed by atoms with Gasteiger partial charge in [0.05, 0.1) is 12.7 Å². The van der Waals surface area contributed by atoms with Gasteiger partial charge in [0.1, 0.15) is 6.61 Å². The van der Waals surface area contributed by atoms with Crippen molar-refractivity contribution < 1.29 is 34.1 Å². The number of carboxylic acids is 1. The first-order chi connectivity index (χ1) is 15.0. The van der Waals surface area contributed by atoms with Crippen molar-refractivity contribution in [2.75, 3.05) is 13.2 Å². The predicted molar refractivity (Wildman–Crippen MR) is 128 cm³/mol. The normalized spacial score (nSPS) is 9.38. The SMILES string of the molecule is C=C(C)C(=O)OCC(C)O.C=CC(=O)O.C=CC(=O)OCCCC.C=Cc1ccccc1. The van der Waals surface area contributed by atoms with Crippen LogP contribution < -0.4 is 0 Å². The number of aliphatic hydroxyl groups excluding tert-OH is 1. The van der Waals surface area contributed by atoms with E-state index in [4.69, 9.17) is 10.2 Å². The minimum Gasteiger partial charge on any atom is -0.478 e. The second kappa shape index (κ2) is 23.8. The number of rotatable bonds is 9. The maximum absolute atomic E-state index is 10.6. The molecular weight excluding hydrogens is 412 g/mol. The molecule has 1 rings (SSSR count). The van der Waals surface area contributed by atoms with E-state index in [2.05, 4.69) is 35.8 Å². The van der Waals surface area contributed by atoms with Gasteiger partial charge < -0.3 is 19.7 Å². The van der Waals surface area contributed by atoms with Crippen molar-refractivity contribution >= 4 is 24.0 Å². The fraction of sp³-hybridized carbons (Fsp3) is 0.320. The number of benzene rings is 1. The molecule has 0 aliphatic carbocycles. The molecule has 7 heteroatoms. The Morgan fingerprint density at radius 1 is 1.06 bits per heavy atom. The molecule has 0 aliphatic rings. The summed E-state index contributed by atoms with van der Waals surface area (Å²) in [5.74, 6) is -1.77. The zero-order valence-electron chi connectivity index (χ0n) is 19.3. The van der Waals surface area contributed by atoms with Gasteiger partial charge in [0.25, 0.3) is 0 Å². The quantitative estimate of drug-likeness (QED) is 0.323. The number of hydrogen-bond donors (Lipinski definition) is 2. The van der Waals surface area contributed by atoms with E-state index >= 15 is 0 Å². The Labute approximate surface area is 191 Å². The highest BCUT2D eigenvalue weighted by molar-refractivity contribution is 5.86. The Balaban J connectivity index is -0.000000359. The predicted octanol–water partition coefficient (Wildman–Crippen LogP) is 4.59. The van der Waals surface area contributed by atoms with E-state index in [1.54, 1.807) is 13.8 Å². The number of aliphatic hydroxyl groups is 1. The molecule has 0 saturated heterocycles. The van der Waals surface area contributed by atoms with Crippen molar-refractivity contribution in [2.45, 2.75) is 39.7 Å². The van der Waals surface area contributed by atoms with E-state index < -0.39 is 18.0 Å². The first kappa shape index (κ1) is 33.2. The van der Waals surface area contributed by atoms with Gasteiger partial charge >= 0.3 is 17.9 Å². The lowest BCUT2D eigenvalue weighted by molar-refractivity contribution is -0.141. The van der Waals surface area contributed by atoms with Crippen LogP contribution in [0.3, 0.4) is 0 Å². The van der Waals surface area contributed by atoms with Crippen molar-refractivity contribution in [1.29, 1.82) is 0 Å². The number of carbonyl (C=O) groups is 3. The monoisotopic (exact) mass is 448 g/mol. The summed E-state index contributed by atoms with van der Waals surface area (Å²) in [6.45, 7) is 18.9. The zero-order chi connectivity index (χ0) is 25.4. The van der Waals surface area contributed by atoms with E-state index in [0.717, 1.165) is 18.9 Å². The van der Waals surface area contributed by atoms with Gasteiger partial charge in [0, 0.05) is 17.7 Å². The van der Waals surface area contributed by atoms with Crippen LogP contribution in [0.5, 0.6) is 0 Å². The van der Waals surface area contributed by atoms with Crippen molar-refractivity contribution in [2.24, 2.45) is 0 Å². The highest BCUT2D eigenvalue weighted by Gasteiger charge is 2.03. The molecule has 0 aromatic heterocycles. The minimum absolute atomic E-state index is 0.0334. The molecule has 0 spiro atoms. The molecule has 178 valence electrons. The number of hydrogen-bond acceptors (Lipinski definition) is 6. The molecule has 7 nitrogen and oxygen atoms in total. The summed E-state index contributed by atoms with van der Waals surface area (Å²) in [5, 5.41) is 16.3. The van der Waals surface area contributed by atoms with Crippen LogP contribution >= 0.6 is 0 Å². The molecule has 0 bridgehead atoms. The van der Waals surface area contributed by atoms with Crippen LogP contribution in [-0.2, 0) is 23.9 Å². The molecule has 0 radical (unpaired) electrons. The number of ether oxygens (including phenoxy) is 2. The second-order valence-corrected chi connectivity index (χ2v) is 6.11. The molecular formula is C25H36O7. The van der Waals surface area contributed by atoms with Crippen molar-refractivity contribution in [3.05, 3.63) is 79.9 Å². The third-order valence-corrected chi connectivity index (χ3v) is 2.92. The number of unbranched alkanes of at least 4 members (excludes halogenated alkanes) is 1. The van der Waals surface area contributed by atoms with Crippen LogP contribution in [0.15, 0.2) is 74.4 Å². The molecule has 1 aromatic rings. The molecule has 0 fully saturated rings. The summed E-state index contributed by atoms with van der Waals surface area (Å²) in [6, 6.07) is 10.0. The van der Waals surface area contributed by atoms with Gasteiger partial charge in [-0.25, -0.2) is 14.4 Å². The number of aliphatic carboxylic acids is 1. The van der Waals surface area contributed by atoms with Gasteiger partial charge in [-0.05, 0) is 25.8 Å². The fourth-order valence-electron chi connectivity index (χ4n) is 1.28. The Morgan fingerprint density at radius 3 is 1.91 bits per heavy atom. The lowest BCUT2D eigenvalue weighted by Crippen LogP contribution is -2.15. The van der Waals surface area contributed by atoms with Crippen LogP contribution in [0.1, 0.15) is 39.2 Å². The fourth-order valence-corrected chi connectivity index (χ4v) is 1.28. The van der Waals surface area contributed by atoms with E-state index in [9.17, 15) is 14.4 Å². The summed E-state index contributed by atoms with van der Waals surface area (Å²) in [7, 11) is 0. The van der Waals surface area contributed by atoms with Gasteiger partial charge in [-0.15, -0.1) is 0 Å². The topological polar surface area (TPSA) is 110 Å². The smallest absolute Gasteiger partial charge is 0.333 e. The lowest BCUT2D eigenvalue weighted by atomic mass is 10.2. The van der Waals surface area contributed by atoms with Crippen molar-refractivity contribution in [3.63, 3.8) is 0 Å². The van der Waals surface area contributed by atoms with Gasteiger partial charge in [-0.2, -0.15) is 0 Å². The summed E-state index contributed by atoms with van der Waals surface area (Å²) in [5.41, 5.74) is 1.52. The van der Waals surface area contributed by atoms with Crippen LogP contribution in [-0.4, -0.2) is 47.4 Å². The molecule has 0 aliphatic heterocycles. The Hall–Kier alpha value is -3.45. The van der Waals surface area contributed by atoms with Crippen LogP contribution in [0.4, 0.5) is 0 Å². The molecule has 1 atom stereocenters. The molecule has 0 saturated carbocycles. The summed E-state index contributed by atoms with van der Waals surface area (Å²) < 4.78 is 9.25. The van der Waals surface area contributed by atoms with Crippen molar-refractivity contribution in [3.8, 4) is 0 Å². The summed E-state index contributed by atoms with van der Waals surface area (Å²) >= 11 is 0. The van der Waals surface area contributed by atoms with Gasteiger partial charge in [0.2, 0.25) is 0 Å². The Morgan fingerprint density at radius 2 is 1.59 bits per heavy atom. The maximum Gasteiger partial charge on any atom is 0.333 e. The van der Waals surface area contributed by atoms with Crippen LogP contribution in [0, 0.1) is 0 Å². The first-order valence-corrected chi connectivity index (χ1v) is 9.88. The third-order valence-electron chi connectivity index (χ3n) is 2.92. The molecule has 0 heterocycles. The van der Waals surface area contributed by atoms with Crippen molar-refractivity contribution in [1.82, 2.24) is 0 Å². The van der Waals surface area contributed by atoms with E-state index in [1.807, 2.05) is 43.3 Å². The first-order valence-electron chi connectivity index (χ1n) is 9.88. The second-order valence-electron chi connectivity index (χ2n) is 6.11. The molecule has 0 amide bonds. The number of carboxylic acid groups (broad SMARTS) is 1. The minimum atomic E-state index is -0.981. The Kier molecular flexibility index (Phi) is 24.7. The van der Waals surface area contributed by atoms with E-state index in [1.165, 1.54) is 11.6 Å². The average Bonchev–Trinajstić information content (AvgIpc) is 2.79. The lowest BCUT2D eigenvalue weighted by Gasteiger charge is -2.04. The van der Waals surface area contributed by atoms with Gasteiger partial charge in [-0.1, -0.05) is 76.1 Å². The zero-order valence-corrected chi connectivity index (χ0v) is 19.3. The summed E-state index contributed by atoms with van der Waals surface area (Å²) in [6.07, 6.45) is 5.21. The third kappa shape index (κ3) is 28.8. The van der Waals surface area contributed by atoms with E-state index in [-0.39, 0.29) is 12.6 Å². The van der Waals surface area contributed by atoms with Gasteiger partial charge in [0.15, 0.2) is 0 Å². The largest absolute Gasteiger partial charge is 0.478 e. The molecule has 1 aromatic carbocycles. The molecule has 2 N–H and O–H groups in total. The number of esters is 2. The van der Waals surface area contributed by atoms with Gasteiger partial charge in [-0.3, -0.25) is 0 Å². The summed E-state index contributed by atoms with van der Waals surface area (Å²) in [4.78, 5) is 30.2. The highest BCUT2D eigenvalue weighted by Crippen LogP contribution is 1.97.